The second kappa shape index (κ2) is 7.48. The molecule has 3 N–H and O–H groups in total. The molecule has 140 valence electrons. The number of hydrogen-bond donors (Lipinski definition) is 3. The van der Waals surface area contributed by atoms with E-state index in [4.69, 9.17) is 4.74 Å². The molecule has 5 heteroatoms. The van der Waals surface area contributed by atoms with Crippen LogP contribution in [-0.2, 0) is 0 Å². The summed E-state index contributed by atoms with van der Waals surface area (Å²) in [7, 11) is 1.58. The molecule has 0 bridgehead atoms. The first kappa shape index (κ1) is 17.7. The Morgan fingerprint density at radius 1 is 0.929 bits per heavy atom. The Hall–Kier alpha value is -3.73. The van der Waals surface area contributed by atoms with Crippen molar-refractivity contribution < 1.29 is 9.53 Å². The maximum Gasteiger partial charge on any atom is 0.323 e. The van der Waals surface area contributed by atoms with Crippen molar-refractivity contribution in [3.05, 3.63) is 78.4 Å². The summed E-state index contributed by atoms with van der Waals surface area (Å²) < 4.78 is 5.30. The molecule has 4 rings (SSSR count). The topological polar surface area (TPSA) is 66.2 Å². The molecule has 0 saturated carbocycles. The summed E-state index contributed by atoms with van der Waals surface area (Å²) in [6, 6.07) is 23.3. The fourth-order valence-electron chi connectivity index (χ4n) is 3.17. The minimum absolute atomic E-state index is 0.317. The van der Waals surface area contributed by atoms with Crippen molar-refractivity contribution in [2.75, 3.05) is 17.7 Å². The summed E-state index contributed by atoms with van der Waals surface area (Å²) in [5.41, 5.74) is 5.59. The highest BCUT2D eigenvalue weighted by Crippen LogP contribution is 2.27. The number of hydrogen-bond acceptors (Lipinski definition) is 2. The maximum absolute atomic E-state index is 12.3. The summed E-state index contributed by atoms with van der Waals surface area (Å²) in [6.07, 6.45) is 0. The summed E-state index contributed by atoms with van der Waals surface area (Å²) in [5, 5.41) is 6.86. The van der Waals surface area contributed by atoms with Gasteiger partial charge in [0.2, 0.25) is 0 Å². The first-order chi connectivity index (χ1) is 13.6. The predicted molar refractivity (Wildman–Crippen MR) is 114 cm³/mol. The van der Waals surface area contributed by atoms with E-state index in [-0.39, 0.29) is 6.03 Å². The van der Waals surface area contributed by atoms with Gasteiger partial charge in [0.05, 0.1) is 12.8 Å². The lowest BCUT2D eigenvalue weighted by atomic mass is 10.1. The van der Waals surface area contributed by atoms with Crippen LogP contribution in [0.15, 0.2) is 72.8 Å². The number of amides is 2. The number of anilines is 2. The average molecular weight is 371 g/mol. The van der Waals surface area contributed by atoms with E-state index >= 15 is 0 Å². The summed E-state index contributed by atoms with van der Waals surface area (Å²) >= 11 is 0. The van der Waals surface area contributed by atoms with Gasteiger partial charge in [-0.05, 0) is 54.4 Å². The molecule has 0 fully saturated rings. The molecule has 3 aromatic carbocycles. The van der Waals surface area contributed by atoms with Gasteiger partial charge in [-0.25, -0.2) is 4.79 Å². The van der Waals surface area contributed by atoms with E-state index in [0.29, 0.717) is 17.1 Å². The zero-order chi connectivity index (χ0) is 19.5. The van der Waals surface area contributed by atoms with E-state index in [1.54, 1.807) is 7.11 Å². The molecule has 4 aromatic rings. The number of aryl methyl sites for hydroxylation is 1. The Kier molecular flexibility index (Phi) is 4.72. The number of ether oxygens (including phenoxy) is 1. The fraction of sp³-hybridized carbons (Fsp3) is 0.0870. The van der Waals surface area contributed by atoms with Crippen molar-refractivity contribution in [2.24, 2.45) is 0 Å². The lowest BCUT2D eigenvalue weighted by molar-refractivity contribution is 0.262. The van der Waals surface area contributed by atoms with Crippen LogP contribution in [0, 0.1) is 6.92 Å². The zero-order valence-corrected chi connectivity index (χ0v) is 15.7. The fourth-order valence-corrected chi connectivity index (χ4v) is 3.17. The number of carbonyl (C=O) groups is 1. The number of aromatic nitrogens is 1. The highest BCUT2D eigenvalue weighted by atomic mass is 16.5. The molecule has 0 saturated heterocycles. The molecule has 0 aliphatic carbocycles. The summed E-state index contributed by atoms with van der Waals surface area (Å²) in [5.74, 6) is 0.620. The van der Waals surface area contributed by atoms with Crippen LogP contribution in [-0.4, -0.2) is 18.1 Å². The van der Waals surface area contributed by atoms with Gasteiger partial charge < -0.3 is 20.4 Å². The van der Waals surface area contributed by atoms with Crippen LogP contribution < -0.4 is 15.4 Å². The highest BCUT2D eigenvalue weighted by Gasteiger charge is 2.09. The molecule has 0 atom stereocenters. The van der Waals surface area contributed by atoms with Crippen LogP contribution >= 0.6 is 0 Å². The molecule has 0 aliphatic rings. The Morgan fingerprint density at radius 3 is 2.46 bits per heavy atom. The lowest BCUT2D eigenvalue weighted by Crippen LogP contribution is -2.19. The van der Waals surface area contributed by atoms with Gasteiger partial charge >= 0.3 is 6.03 Å². The molecule has 0 radical (unpaired) electrons. The SMILES string of the molecule is COc1ccc(C)cc1NC(=O)Nc1ccc(-c2cc3ccccc3[nH]2)cc1. The maximum atomic E-state index is 12.3. The molecule has 2 amide bonds. The number of fused-ring (bicyclic) bond motifs is 1. The van der Waals surface area contributed by atoms with Crippen molar-refractivity contribution in [1.82, 2.24) is 4.98 Å². The molecular weight excluding hydrogens is 350 g/mol. The lowest BCUT2D eigenvalue weighted by Gasteiger charge is -2.12. The van der Waals surface area contributed by atoms with Gasteiger partial charge in [0, 0.05) is 22.3 Å². The quantitative estimate of drug-likeness (QED) is 0.425. The van der Waals surface area contributed by atoms with E-state index in [0.717, 1.165) is 22.3 Å². The van der Waals surface area contributed by atoms with Crippen LogP contribution in [0.3, 0.4) is 0 Å². The third-order valence-corrected chi connectivity index (χ3v) is 4.59. The van der Waals surface area contributed by atoms with E-state index in [1.807, 2.05) is 61.5 Å². The van der Waals surface area contributed by atoms with E-state index < -0.39 is 0 Å². The smallest absolute Gasteiger partial charge is 0.323 e. The first-order valence-electron chi connectivity index (χ1n) is 9.03. The number of nitrogens with one attached hydrogen (secondary N) is 3. The molecule has 0 unspecified atom stereocenters. The van der Waals surface area contributed by atoms with Crippen LogP contribution in [0.25, 0.3) is 22.2 Å². The number of H-pyrrole nitrogens is 1. The van der Waals surface area contributed by atoms with Crippen LogP contribution in [0.2, 0.25) is 0 Å². The number of methoxy groups -OCH3 is 1. The highest BCUT2D eigenvalue weighted by molar-refractivity contribution is 6.01. The van der Waals surface area contributed by atoms with Gasteiger partial charge in [-0.15, -0.1) is 0 Å². The van der Waals surface area contributed by atoms with E-state index in [9.17, 15) is 4.79 Å². The third kappa shape index (κ3) is 3.69. The molecule has 28 heavy (non-hydrogen) atoms. The summed E-state index contributed by atoms with van der Waals surface area (Å²) in [4.78, 5) is 15.8. The standard InChI is InChI=1S/C23H21N3O2/c1-15-7-12-22(28-2)21(13-15)26-23(27)24-18-10-8-16(9-11-18)20-14-17-5-3-4-6-19(17)25-20/h3-14,25H,1-2H3,(H2,24,26,27). The molecule has 1 aromatic heterocycles. The van der Waals surface area contributed by atoms with E-state index in [2.05, 4.69) is 33.8 Å². The van der Waals surface area contributed by atoms with E-state index in [1.165, 1.54) is 5.39 Å². The second-order valence-corrected chi connectivity index (χ2v) is 6.63. The van der Waals surface area contributed by atoms with Crippen molar-refractivity contribution >= 4 is 28.3 Å². The molecule has 0 spiro atoms. The average Bonchev–Trinajstić information content (AvgIpc) is 3.13. The Balaban J connectivity index is 1.47. The second-order valence-electron chi connectivity index (χ2n) is 6.63. The zero-order valence-electron chi connectivity index (χ0n) is 15.7. The molecule has 0 aliphatic heterocycles. The number of para-hydroxylation sites is 1. The predicted octanol–water partition coefficient (Wildman–Crippen LogP) is 5.80. The van der Waals surface area contributed by atoms with Gasteiger partial charge in [-0.1, -0.05) is 36.4 Å². The number of benzene rings is 3. The molecule has 1 heterocycles. The summed E-state index contributed by atoms with van der Waals surface area (Å²) in [6.45, 7) is 1.96. The molecule has 5 nitrogen and oxygen atoms in total. The van der Waals surface area contributed by atoms with Crippen LogP contribution in [0.1, 0.15) is 5.56 Å². The Bertz CT molecular complexity index is 1100. The first-order valence-corrected chi connectivity index (χ1v) is 9.03. The third-order valence-electron chi connectivity index (χ3n) is 4.59. The van der Waals surface area contributed by atoms with Crippen molar-refractivity contribution in [3.63, 3.8) is 0 Å². The number of carbonyl (C=O) groups excluding carboxylic acids is 1. The monoisotopic (exact) mass is 371 g/mol. The normalized spacial score (nSPS) is 10.6. The Morgan fingerprint density at radius 2 is 1.71 bits per heavy atom. The minimum Gasteiger partial charge on any atom is -0.495 e. The van der Waals surface area contributed by atoms with Gasteiger partial charge in [0.15, 0.2) is 0 Å². The van der Waals surface area contributed by atoms with Crippen molar-refractivity contribution in [2.45, 2.75) is 6.92 Å². The minimum atomic E-state index is -0.317. The van der Waals surface area contributed by atoms with Crippen molar-refractivity contribution in [1.29, 1.82) is 0 Å². The molecular formula is C23H21N3O2. The van der Waals surface area contributed by atoms with Crippen molar-refractivity contribution in [3.8, 4) is 17.0 Å². The number of aromatic amines is 1. The number of urea groups is 1. The van der Waals surface area contributed by atoms with Gasteiger partial charge in [0.1, 0.15) is 5.75 Å². The van der Waals surface area contributed by atoms with Crippen LogP contribution in [0.4, 0.5) is 16.2 Å². The van der Waals surface area contributed by atoms with Crippen LogP contribution in [0.5, 0.6) is 5.75 Å². The Labute approximate surface area is 163 Å². The van der Waals surface area contributed by atoms with Gasteiger partial charge in [0.25, 0.3) is 0 Å². The van der Waals surface area contributed by atoms with Gasteiger partial charge in [-0.3, -0.25) is 0 Å². The van der Waals surface area contributed by atoms with Gasteiger partial charge in [-0.2, -0.15) is 0 Å². The largest absolute Gasteiger partial charge is 0.495 e. The number of rotatable bonds is 4.